The largest absolute Gasteiger partial charge is 0.465 e. The molecule has 0 atom stereocenters. The van der Waals surface area contributed by atoms with Crippen LogP contribution in [0.3, 0.4) is 0 Å². The van der Waals surface area contributed by atoms with Gasteiger partial charge in [0.2, 0.25) is 0 Å². The van der Waals surface area contributed by atoms with Crippen LogP contribution in [0.15, 0.2) is 65.2 Å². The minimum atomic E-state index is -0.335. The van der Waals surface area contributed by atoms with E-state index < -0.39 is 0 Å². The molecule has 160 valence electrons. The first-order valence-electron chi connectivity index (χ1n) is 10.4. The van der Waals surface area contributed by atoms with Crippen molar-refractivity contribution in [3.8, 4) is 0 Å². The number of hydrogen-bond acceptors (Lipinski definition) is 5. The summed E-state index contributed by atoms with van der Waals surface area (Å²) in [5.74, 6) is 1.18. The van der Waals surface area contributed by atoms with Gasteiger partial charge in [0.05, 0.1) is 6.26 Å². The molecule has 0 bridgehead atoms. The van der Waals surface area contributed by atoms with Crippen LogP contribution in [-0.4, -0.2) is 44.6 Å². The van der Waals surface area contributed by atoms with Crippen LogP contribution >= 0.6 is 0 Å². The van der Waals surface area contributed by atoms with E-state index in [4.69, 9.17) is 4.42 Å². The molecule has 1 fully saturated rings. The molecule has 0 aliphatic carbocycles. The maximum absolute atomic E-state index is 13.3. The van der Waals surface area contributed by atoms with E-state index >= 15 is 0 Å². The van der Waals surface area contributed by atoms with Gasteiger partial charge in [-0.2, -0.15) is 0 Å². The van der Waals surface area contributed by atoms with Crippen LogP contribution in [-0.2, 0) is 11.3 Å². The third kappa shape index (κ3) is 4.74. The molecule has 1 aliphatic heterocycles. The van der Waals surface area contributed by atoms with Crippen LogP contribution in [0.2, 0.25) is 0 Å². The molecule has 2 amide bonds. The third-order valence-corrected chi connectivity index (χ3v) is 5.48. The van der Waals surface area contributed by atoms with Gasteiger partial charge >= 0.3 is 0 Å². The van der Waals surface area contributed by atoms with Crippen LogP contribution < -0.4 is 5.32 Å². The lowest BCUT2D eigenvalue weighted by molar-refractivity contribution is -0.128. The molecule has 8 heteroatoms. The number of aromatic nitrogens is 3. The molecule has 0 unspecified atom stereocenters. The second-order valence-corrected chi connectivity index (χ2v) is 7.44. The number of benzene rings is 1. The van der Waals surface area contributed by atoms with Crippen LogP contribution in [0.1, 0.15) is 47.6 Å². The Morgan fingerprint density at radius 3 is 2.61 bits per heavy atom. The van der Waals surface area contributed by atoms with Gasteiger partial charge in [-0.3, -0.25) is 9.59 Å². The Balaban J connectivity index is 1.48. The average Bonchev–Trinajstić information content (AvgIpc) is 3.50. The van der Waals surface area contributed by atoms with E-state index in [2.05, 4.69) is 22.4 Å². The fourth-order valence-electron chi connectivity index (χ4n) is 3.79. The zero-order valence-corrected chi connectivity index (χ0v) is 17.4. The predicted molar refractivity (Wildman–Crippen MR) is 115 cm³/mol. The van der Waals surface area contributed by atoms with Gasteiger partial charge in [-0.25, -0.2) is 0 Å². The third-order valence-electron chi connectivity index (χ3n) is 5.48. The minimum absolute atomic E-state index is 0.193. The predicted octanol–water partition coefficient (Wildman–Crippen LogP) is 3.07. The van der Waals surface area contributed by atoms with Crippen molar-refractivity contribution in [1.82, 2.24) is 25.0 Å². The summed E-state index contributed by atoms with van der Waals surface area (Å²) in [6.45, 7) is 4.04. The van der Waals surface area contributed by atoms with E-state index in [1.165, 1.54) is 6.26 Å². The highest BCUT2D eigenvalue weighted by molar-refractivity contribution is 6.05. The number of nitrogens with zero attached hydrogens (tertiary/aromatic N) is 4. The summed E-state index contributed by atoms with van der Waals surface area (Å²) in [4.78, 5) is 27.7. The molecule has 2 aromatic heterocycles. The highest BCUT2D eigenvalue weighted by atomic mass is 16.3. The number of carbonyl (C=O) groups is 2. The van der Waals surface area contributed by atoms with Crippen molar-refractivity contribution < 1.29 is 14.0 Å². The summed E-state index contributed by atoms with van der Waals surface area (Å²) in [7, 11) is 0. The van der Waals surface area contributed by atoms with Crippen molar-refractivity contribution in [2.45, 2.75) is 32.2 Å². The average molecular weight is 419 g/mol. The molecule has 0 saturated carbocycles. The SMILES string of the molecule is CCn1cnnc1C1CCN(C(=O)C(=Cc2ccco2)NC(=O)c2ccccc2)CC1. The van der Waals surface area contributed by atoms with Gasteiger partial charge in [-0.05, 0) is 44.0 Å². The van der Waals surface area contributed by atoms with Crippen molar-refractivity contribution in [2.75, 3.05) is 13.1 Å². The number of rotatable bonds is 6. The highest BCUT2D eigenvalue weighted by Gasteiger charge is 2.29. The molecule has 8 nitrogen and oxygen atoms in total. The Bertz CT molecular complexity index is 1050. The second-order valence-electron chi connectivity index (χ2n) is 7.44. The maximum Gasteiger partial charge on any atom is 0.270 e. The van der Waals surface area contributed by atoms with Crippen molar-refractivity contribution >= 4 is 17.9 Å². The van der Waals surface area contributed by atoms with Gasteiger partial charge in [0.15, 0.2) is 0 Å². The molecule has 0 spiro atoms. The van der Waals surface area contributed by atoms with Gasteiger partial charge in [0.25, 0.3) is 11.8 Å². The van der Waals surface area contributed by atoms with E-state index in [1.807, 2.05) is 10.6 Å². The lowest BCUT2D eigenvalue weighted by atomic mass is 9.95. The van der Waals surface area contributed by atoms with Gasteiger partial charge in [0.1, 0.15) is 23.6 Å². The van der Waals surface area contributed by atoms with Gasteiger partial charge in [-0.15, -0.1) is 10.2 Å². The Morgan fingerprint density at radius 1 is 1.16 bits per heavy atom. The smallest absolute Gasteiger partial charge is 0.270 e. The fraction of sp³-hybridized carbons (Fsp3) is 0.304. The van der Waals surface area contributed by atoms with Crippen LogP contribution in [0.5, 0.6) is 0 Å². The second kappa shape index (κ2) is 9.42. The molecule has 4 rings (SSSR count). The molecule has 1 N–H and O–H groups in total. The van der Waals surface area contributed by atoms with Crippen LogP contribution in [0.4, 0.5) is 0 Å². The molecule has 3 aromatic rings. The molecular formula is C23H25N5O3. The van der Waals surface area contributed by atoms with Crippen LogP contribution in [0.25, 0.3) is 6.08 Å². The molecule has 3 heterocycles. The molecule has 31 heavy (non-hydrogen) atoms. The van der Waals surface area contributed by atoms with Gasteiger partial charge in [-0.1, -0.05) is 18.2 Å². The Hall–Kier alpha value is -3.68. The number of nitrogens with one attached hydrogen (secondary N) is 1. The molecule has 1 saturated heterocycles. The Labute approximate surface area is 180 Å². The zero-order chi connectivity index (χ0) is 21.6. The first kappa shape index (κ1) is 20.6. The topological polar surface area (TPSA) is 93.3 Å². The summed E-state index contributed by atoms with van der Waals surface area (Å²) in [6.07, 6.45) is 6.44. The summed E-state index contributed by atoms with van der Waals surface area (Å²) >= 11 is 0. The maximum atomic E-state index is 13.3. The molecule has 1 aliphatic rings. The Morgan fingerprint density at radius 2 is 1.94 bits per heavy atom. The van der Waals surface area contributed by atoms with E-state index in [-0.39, 0.29) is 23.4 Å². The molecule has 1 aromatic carbocycles. The van der Waals surface area contributed by atoms with E-state index in [9.17, 15) is 9.59 Å². The highest BCUT2D eigenvalue weighted by Crippen LogP contribution is 2.27. The summed E-state index contributed by atoms with van der Waals surface area (Å²) in [5.41, 5.74) is 0.678. The van der Waals surface area contributed by atoms with E-state index in [0.717, 1.165) is 25.2 Å². The number of piperidine rings is 1. The van der Waals surface area contributed by atoms with Gasteiger partial charge < -0.3 is 19.2 Å². The lowest BCUT2D eigenvalue weighted by Crippen LogP contribution is -2.42. The van der Waals surface area contributed by atoms with Gasteiger partial charge in [0, 0.05) is 37.2 Å². The summed E-state index contributed by atoms with van der Waals surface area (Å²) in [5, 5.41) is 11.1. The zero-order valence-electron chi connectivity index (χ0n) is 17.4. The van der Waals surface area contributed by atoms with Crippen molar-refractivity contribution in [3.05, 3.63) is 77.9 Å². The molecule has 0 radical (unpaired) electrons. The van der Waals surface area contributed by atoms with Crippen molar-refractivity contribution in [3.63, 3.8) is 0 Å². The Kier molecular flexibility index (Phi) is 6.26. The minimum Gasteiger partial charge on any atom is -0.465 e. The quantitative estimate of drug-likeness (QED) is 0.620. The number of amides is 2. The van der Waals surface area contributed by atoms with E-state index in [1.54, 1.807) is 53.7 Å². The van der Waals surface area contributed by atoms with Crippen molar-refractivity contribution in [2.24, 2.45) is 0 Å². The monoisotopic (exact) mass is 419 g/mol. The fourth-order valence-corrected chi connectivity index (χ4v) is 3.79. The van der Waals surface area contributed by atoms with E-state index in [0.29, 0.717) is 24.4 Å². The number of aryl methyl sites for hydroxylation is 1. The summed E-state index contributed by atoms with van der Waals surface area (Å²) < 4.78 is 7.41. The molecular weight excluding hydrogens is 394 g/mol. The number of hydrogen-bond donors (Lipinski definition) is 1. The standard InChI is InChI=1S/C23H25N5O3/c1-2-27-16-24-26-21(27)17-10-12-28(13-11-17)23(30)20(15-19-9-6-14-31-19)25-22(29)18-7-4-3-5-8-18/h3-9,14-17H,2,10-13H2,1H3,(H,25,29). The normalized spacial score (nSPS) is 15.1. The summed E-state index contributed by atoms with van der Waals surface area (Å²) in [6, 6.07) is 12.3. The lowest BCUT2D eigenvalue weighted by Gasteiger charge is -2.32. The number of carbonyl (C=O) groups excluding carboxylic acids is 2. The van der Waals surface area contributed by atoms with Crippen LogP contribution in [0, 0.1) is 0 Å². The first-order valence-corrected chi connectivity index (χ1v) is 10.4. The number of furan rings is 1. The van der Waals surface area contributed by atoms with Crippen molar-refractivity contribution in [1.29, 1.82) is 0 Å². The first-order chi connectivity index (χ1) is 15.2. The number of likely N-dealkylation sites (tertiary alicyclic amines) is 1.